The third-order valence-electron chi connectivity index (χ3n) is 1.89. The van der Waals surface area contributed by atoms with Crippen LogP contribution in [0.2, 0.25) is 0 Å². The van der Waals surface area contributed by atoms with E-state index < -0.39 is 11.7 Å². The summed E-state index contributed by atoms with van der Waals surface area (Å²) in [5.41, 5.74) is 5.02. The van der Waals surface area contributed by atoms with Crippen LogP contribution in [0.25, 0.3) is 0 Å². The fourth-order valence-corrected chi connectivity index (χ4v) is 1.81. The topological polar surface area (TPSA) is 35.2 Å². The van der Waals surface area contributed by atoms with Crippen molar-refractivity contribution < 1.29 is 17.9 Å². The van der Waals surface area contributed by atoms with Gasteiger partial charge in [-0.25, -0.2) is 0 Å². The molecule has 0 aliphatic heterocycles. The van der Waals surface area contributed by atoms with Crippen LogP contribution in [0.1, 0.15) is 11.1 Å². The molecule has 84 valence electrons. The number of methoxy groups -OCH3 is 1. The van der Waals surface area contributed by atoms with Gasteiger partial charge in [0.05, 0.1) is 12.7 Å². The van der Waals surface area contributed by atoms with Gasteiger partial charge < -0.3 is 10.5 Å². The molecule has 1 aromatic rings. The minimum atomic E-state index is -4.42. The lowest BCUT2D eigenvalue weighted by Crippen LogP contribution is -2.10. The maximum absolute atomic E-state index is 12.6. The summed E-state index contributed by atoms with van der Waals surface area (Å²) in [5.74, 6) is -0.177. The quantitative estimate of drug-likeness (QED) is 0.846. The van der Waals surface area contributed by atoms with Crippen molar-refractivity contribution in [3.63, 3.8) is 0 Å². The molecule has 0 aromatic heterocycles. The van der Waals surface area contributed by atoms with Crippen molar-refractivity contribution in [1.29, 1.82) is 0 Å². The smallest absolute Gasteiger partial charge is 0.419 e. The molecule has 0 atom stereocenters. The second-order valence-electron chi connectivity index (χ2n) is 2.85. The standard InChI is InChI=1S/C9H9F3INO/c1-15-8-3-7(13)5(4-14)2-6(8)9(10,11)12/h2-3H,4,14H2,1H3. The fourth-order valence-electron chi connectivity index (χ4n) is 1.15. The van der Waals surface area contributed by atoms with Crippen molar-refractivity contribution in [3.8, 4) is 5.75 Å². The van der Waals surface area contributed by atoms with E-state index in [0.717, 1.165) is 6.07 Å². The van der Waals surface area contributed by atoms with Crippen LogP contribution >= 0.6 is 22.6 Å². The van der Waals surface area contributed by atoms with Crippen molar-refractivity contribution in [1.82, 2.24) is 0 Å². The van der Waals surface area contributed by atoms with Crippen molar-refractivity contribution >= 4 is 22.6 Å². The Morgan fingerprint density at radius 1 is 1.40 bits per heavy atom. The predicted molar refractivity (Wildman–Crippen MR) is 58.6 cm³/mol. The molecule has 0 amide bonds. The molecule has 0 unspecified atom stereocenters. The van der Waals surface area contributed by atoms with E-state index in [2.05, 4.69) is 4.74 Å². The van der Waals surface area contributed by atoms with Crippen molar-refractivity contribution in [2.45, 2.75) is 12.7 Å². The number of nitrogens with two attached hydrogens (primary N) is 1. The molecule has 1 rings (SSSR count). The number of halogens is 4. The molecule has 0 radical (unpaired) electrons. The Morgan fingerprint density at radius 2 is 2.00 bits per heavy atom. The Bertz CT molecular complexity index is 365. The minimum absolute atomic E-state index is 0.0747. The SMILES string of the molecule is COc1cc(I)c(CN)cc1C(F)(F)F. The third kappa shape index (κ3) is 2.75. The highest BCUT2D eigenvalue weighted by Crippen LogP contribution is 2.38. The van der Waals surface area contributed by atoms with E-state index in [9.17, 15) is 13.2 Å². The number of alkyl halides is 3. The Labute approximate surface area is 98.7 Å². The number of benzene rings is 1. The minimum Gasteiger partial charge on any atom is -0.496 e. The lowest BCUT2D eigenvalue weighted by Gasteiger charge is -2.14. The highest BCUT2D eigenvalue weighted by Gasteiger charge is 2.34. The molecular weight excluding hydrogens is 322 g/mol. The summed E-state index contributed by atoms with van der Waals surface area (Å²) < 4.78 is 43.0. The summed E-state index contributed by atoms with van der Waals surface area (Å²) in [5, 5.41) is 0. The Morgan fingerprint density at radius 3 is 2.40 bits per heavy atom. The second kappa shape index (κ2) is 4.56. The molecule has 15 heavy (non-hydrogen) atoms. The molecular formula is C9H9F3INO. The average Bonchev–Trinajstić information content (AvgIpc) is 2.15. The highest BCUT2D eigenvalue weighted by molar-refractivity contribution is 14.1. The maximum atomic E-state index is 12.6. The molecule has 0 spiro atoms. The van der Waals surface area contributed by atoms with Crippen LogP contribution in [-0.2, 0) is 12.7 Å². The predicted octanol–water partition coefficient (Wildman–Crippen LogP) is 2.78. The summed E-state index contributed by atoms with van der Waals surface area (Å²) in [6, 6.07) is 2.37. The van der Waals surface area contributed by atoms with Gasteiger partial charge in [0.25, 0.3) is 0 Å². The molecule has 0 aliphatic rings. The number of rotatable bonds is 2. The molecule has 2 N–H and O–H groups in total. The highest BCUT2D eigenvalue weighted by atomic mass is 127. The van der Waals surface area contributed by atoms with E-state index >= 15 is 0 Å². The van der Waals surface area contributed by atoms with E-state index in [1.165, 1.54) is 13.2 Å². The summed E-state index contributed by atoms with van der Waals surface area (Å²) in [6.07, 6.45) is -4.42. The molecule has 1 aromatic carbocycles. The van der Waals surface area contributed by atoms with Gasteiger partial charge in [0.1, 0.15) is 5.75 Å². The molecule has 0 saturated carbocycles. The van der Waals surface area contributed by atoms with Gasteiger partial charge >= 0.3 is 6.18 Å². The molecule has 0 bridgehead atoms. The summed E-state index contributed by atoms with van der Waals surface area (Å²) >= 11 is 1.93. The van der Waals surface area contributed by atoms with Crippen molar-refractivity contribution in [3.05, 3.63) is 26.8 Å². The second-order valence-corrected chi connectivity index (χ2v) is 4.01. The van der Waals surface area contributed by atoms with Gasteiger partial charge in [0.15, 0.2) is 0 Å². The largest absolute Gasteiger partial charge is 0.496 e. The molecule has 0 saturated heterocycles. The normalized spacial score (nSPS) is 11.6. The van der Waals surface area contributed by atoms with Crippen LogP contribution in [0.3, 0.4) is 0 Å². The first-order valence-electron chi connectivity index (χ1n) is 4.03. The molecule has 2 nitrogen and oxygen atoms in total. The zero-order valence-corrected chi connectivity index (χ0v) is 10.0. The number of hydrogen-bond acceptors (Lipinski definition) is 2. The van der Waals surface area contributed by atoms with Gasteiger partial charge in [-0.3, -0.25) is 0 Å². The Balaban J connectivity index is 3.36. The summed E-state index contributed by atoms with van der Waals surface area (Å²) in [4.78, 5) is 0. The molecule has 0 aliphatic carbocycles. The first-order valence-corrected chi connectivity index (χ1v) is 5.11. The summed E-state index contributed by atoms with van der Waals surface area (Å²) in [6.45, 7) is 0.0747. The first-order chi connectivity index (χ1) is 6.90. The van der Waals surface area contributed by atoms with E-state index in [4.69, 9.17) is 5.73 Å². The van der Waals surface area contributed by atoms with E-state index in [1.54, 1.807) is 0 Å². The van der Waals surface area contributed by atoms with Gasteiger partial charge in [-0.1, -0.05) is 0 Å². The maximum Gasteiger partial charge on any atom is 0.419 e. The van der Waals surface area contributed by atoms with E-state index in [-0.39, 0.29) is 12.3 Å². The van der Waals surface area contributed by atoms with Crippen LogP contribution in [0.5, 0.6) is 5.75 Å². The monoisotopic (exact) mass is 331 g/mol. The molecule has 0 fully saturated rings. The van der Waals surface area contributed by atoms with Crippen LogP contribution in [-0.4, -0.2) is 7.11 Å². The van der Waals surface area contributed by atoms with E-state index in [0.29, 0.717) is 9.13 Å². The van der Waals surface area contributed by atoms with Gasteiger partial charge in [0.2, 0.25) is 0 Å². The lowest BCUT2D eigenvalue weighted by molar-refractivity contribution is -0.138. The Kier molecular flexibility index (Phi) is 3.82. The van der Waals surface area contributed by atoms with Gasteiger partial charge in [-0.2, -0.15) is 13.2 Å². The van der Waals surface area contributed by atoms with Crippen LogP contribution in [0, 0.1) is 3.57 Å². The lowest BCUT2D eigenvalue weighted by atomic mass is 10.1. The number of hydrogen-bond donors (Lipinski definition) is 1. The fraction of sp³-hybridized carbons (Fsp3) is 0.333. The van der Waals surface area contributed by atoms with Gasteiger partial charge in [-0.05, 0) is 40.3 Å². The third-order valence-corrected chi connectivity index (χ3v) is 2.90. The number of ether oxygens (including phenoxy) is 1. The van der Waals surface area contributed by atoms with Crippen LogP contribution in [0.15, 0.2) is 12.1 Å². The molecule has 0 heterocycles. The Hall–Kier alpha value is -0.500. The van der Waals surface area contributed by atoms with E-state index in [1.807, 2.05) is 22.6 Å². The first kappa shape index (κ1) is 12.6. The zero-order valence-electron chi connectivity index (χ0n) is 7.86. The van der Waals surface area contributed by atoms with Crippen molar-refractivity contribution in [2.75, 3.05) is 7.11 Å². The average molecular weight is 331 g/mol. The van der Waals surface area contributed by atoms with Crippen LogP contribution < -0.4 is 10.5 Å². The van der Waals surface area contributed by atoms with Crippen LogP contribution in [0.4, 0.5) is 13.2 Å². The zero-order chi connectivity index (χ0) is 11.6. The van der Waals surface area contributed by atoms with Crippen molar-refractivity contribution in [2.24, 2.45) is 5.73 Å². The van der Waals surface area contributed by atoms with Gasteiger partial charge in [-0.15, -0.1) is 0 Å². The molecule has 6 heteroatoms. The summed E-state index contributed by atoms with van der Waals surface area (Å²) in [7, 11) is 1.21. The van der Waals surface area contributed by atoms with Gasteiger partial charge in [0, 0.05) is 10.1 Å².